The van der Waals surface area contributed by atoms with E-state index in [4.69, 9.17) is 4.42 Å². The van der Waals surface area contributed by atoms with Crippen molar-refractivity contribution >= 4 is 49.8 Å². The van der Waals surface area contributed by atoms with Gasteiger partial charge in [-0.25, -0.2) is 0 Å². The van der Waals surface area contributed by atoms with E-state index in [1.165, 1.54) is 33.0 Å². The Morgan fingerprint density at radius 2 is 0.854 bits per heavy atom. The highest BCUT2D eigenvalue weighted by Crippen LogP contribution is 2.40. The van der Waals surface area contributed by atoms with Gasteiger partial charge in [-0.3, -0.25) is 0 Å². The van der Waals surface area contributed by atoms with Gasteiger partial charge >= 0.3 is 0 Å². The molecule has 0 spiro atoms. The standard InChI is InChI=1S/C46H31NO/c1-3-11-32(12-4-1)35-15-9-16-36(29-35)33-21-25-40(26-22-33)47(39-17-5-2-6-18-39)41-27-23-34(24-28-41)42-19-10-20-43-44-30-37-13-7-8-14-38(37)31-45(44)48-46(42)43/h1-31H. The highest BCUT2D eigenvalue weighted by Gasteiger charge is 2.16. The molecule has 0 radical (unpaired) electrons. The van der Waals surface area contributed by atoms with Gasteiger partial charge in [-0.2, -0.15) is 0 Å². The minimum atomic E-state index is 0.915. The zero-order chi connectivity index (χ0) is 31.9. The molecule has 9 aromatic rings. The van der Waals surface area contributed by atoms with Crippen LogP contribution in [0.2, 0.25) is 0 Å². The SMILES string of the molecule is c1ccc(-c2cccc(-c3ccc(N(c4ccccc4)c4ccc(-c5cccc6c5oc5cc7ccccc7cc56)cc4)cc3)c2)cc1. The predicted octanol–water partition coefficient (Wildman–Crippen LogP) is 13.2. The summed E-state index contributed by atoms with van der Waals surface area (Å²) in [7, 11) is 0. The minimum absolute atomic E-state index is 0.915. The molecule has 1 heterocycles. The molecule has 2 heteroatoms. The van der Waals surface area contributed by atoms with Crippen LogP contribution in [0.4, 0.5) is 17.1 Å². The maximum atomic E-state index is 6.53. The summed E-state index contributed by atoms with van der Waals surface area (Å²) in [5, 5.41) is 4.69. The van der Waals surface area contributed by atoms with Gasteiger partial charge in [-0.1, -0.05) is 133 Å². The van der Waals surface area contributed by atoms with Gasteiger partial charge in [-0.05, 0) is 93.2 Å². The fourth-order valence-electron chi connectivity index (χ4n) is 6.84. The zero-order valence-corrected chi connectivity index (χ0v) is 26.3. The average molecular weight is 614 g/mol. The molecule has 0 fully saturated rings. The number of fused-ring (bicyclic) bond motifs is 4. The molecular weight excluding hydrogens is 583 g/mol. The van der Waals surface area contributed by atoms with Gasteiger partial charge in [0, 0.05) is 33.4 Å². The highest BCUT2D eigenvalue weighted by molar-refractivity contribution is 6.13. The molecule has 8 aromatic carbocycles. The summed E-state index contributed by atoms with van der Waals surface area (Å²) in [6, 6.07) is 66.8. The van der Waals surface area contributed by atoms with E-state index in [1.807, 2.05) is 0 Å². The van der Waals surface area contributed by atoms with Crippen molar-refractivity contribution in [3.05, 3.63) is 188 Å². The summed E-state index contributed by atoms with van der Waals surface area (Å²) < 4.78 is 6.53. The predicted molar refractivity (Wildman–Crippen MR) is 202 cm³/mol. The topological polar surface area (TPSA) is 16.4 Å². The Hall–Kier alpha value is -6.38. The Morgan fingerprint density at radius 1 is 0.333 bits per heavy atom. The van der Waals surface area contributed by atoms with Crippen molar-refractivity contribution in [1.29, 1.82) is 0 Å². The van der Waals surface area contributed by atoms with E-state index in [0.717, 1.165) is 50.1 Å². The van der Waals surface area contributed by atoms with Gasteiger partial charge in [0.1, 0.15) is 11.2 Å². The Kier molecular flexibility index (Phi) is 6.84. The summed E-state index contributed by atoms with van der Waals surface area (Å²) in [4.78, 5) is 2.31. The van der Waals surface area contributed by atoms with Crippen LogP contribution in [0.25, 0.3) is 66.1 Å². The van der Waals surface area contributed by atoms with E-state index in [0.29, 0.717) is 0 Å². The lowest BCUT2D eigenvalue weighted by molar-refractivity contribution is 0.670. The number of furan rings is 1. The lowest BCUT2D eigenvalue weighted by Gasteiger charge is -2.26. The second-order valence-electron chi connectivity index (χ2n) is 12.2. The number of nitrogens with zero attached hydrogens (tertiary/aromatic N) is 1. The first-order chi connectivity index (χ1) is 23.8. The van der Waals surface area contributed by atoms with Crippen LogP contribution >= 0.6 is 0 Å². The van der Waals surface area contributed by atoms with Crippen LogP contribution < -0.4 is 4.90 Å². The number of anilines is 3. The Morgan fingerprint density at radius 3 is 1.54 bits per heavy atom. The molecule has 0 aliphatic rings. The fraction of sp³-hybridized carbons (Fsp3) is 0. The molecule has 0 bridgehead atoms. The maximum absolute atomic E-state index is 6.53. The third kappa shape index (κ3) is 5.01. The van der Waals surface area contributed by atoms with Crippen LogP contribution in [0.5, 0.6) is 0 Å². The molecule has 0 aliphatic carbocycles. The number of para-hydroxylation sites is 2. The molecule has 2 nitrogen and oxygen atoms in total. The summed E-state index contributed by atoms with van der Waals surface area (Å²) in [6.07, 6.45) is 0. The van der Waals surface area contributed by atoms with Crippen molar-refractivity contribution in [3.8, 4) is 33.4 Å². The van der Waals surface area contributed by atoms with Crippen molar-refractivity contribution in [2.75, 3.05) is 4.90 Å². The number of hydrogen-bond donors (Lipinski definition) is 0. The molecule has 0 unspecified atom stereocenters. The van der Waals surface area contributed by atoms with E-state index >= 15 is 0 Å². The fourth-order valence-corrected chi connectivity index (χ4v) is 6.84. The molecule has 0 saturated carbocycles. The second-order valence-corrected chi connectivity index (χ2v) is 12.2. The van der Waals surface area contributed by atoms with E-state index in [-0.39, 0.29) is 0 Å². The van der Waals surface area contributed by atoms with Crippen molar-refractivity contribution in [2.24, 2.45) is 0 Å². The molecule has 0 N–H and O–H groups in total. The van der Waals surface area contributed by atoms with Crippen LogP contribution in [0, 0.1) is 0 Å². The summed E-state index contributed by atoms with van der Waals surface area (Å²) in [5.41, 5.74) is 12.2. The van der Waals surface area contributed by atoms with Gasteiger partial charge in [0.25, 0.3) is 0 Å². The summed E-state index contributed by atoms with van der Waals surface area (Å²) in [5.74, 6) is 0. The van der Waals surface area contributed by atoms with Gasteiger partial charge in [0.15, 0.2) is 0 Å². The highest BCUT2D eigenvalue weighted by atomic mass is 16.3. The summed E-state index contributed by atoms with van der Waals surface area (Å²) in [6.45, 7) is 0. The van der Waals surface area contributed by atoms with Crippen molar-refractivity contribution in [2.45, 2.75) is 0 Å². The van der Waals surface area contributed by atoms with Crippen LogP contribution in [0.15, 0.2) is 192 Å². The van der Waals surface area contributed by atoms with E-state index in [2.05, 4.69) is 193 Å². The lowest BCUT2D eigenvalue weighted by atomic mass is 9.99. The minimum Gasteiger partial charge on any atom is -0.455 e. The van der Waals surface area contributed by atoms with Gasteiger partial charge in [0.05, 0.1) is 0 Å². The zero-order valence-electron chi connectivity index (χ0n) is 26.3. The molecular formula is C46H31NO. The Labute approximate surface area is 279 Å². The largest absolute Gasteiger partial charge is 0.455 e. The molecule has 0 atom stereocenters. The first-order valence-corrected chi connectivity index (χ1v) is 16.3. The second kappa shape index (κ2) is 11.8. The summed E-state index contributed by atoms with van der Waals surface area (Å²) >= 11 is 0. The van der Waals surface area contributed by atoms with Gasteiger partial charge in [-0.15, -0.1) is 0 Å². The lowest BCUT2D eigenvalue weighted by Crippen LogP contribution is -2.09. The third-order valence-electron chi connectivity index (χ3n) is 9.24. The number of hydrogen-bond acceptors (Lipinski definition) is 2. The van der Waals surface area contributed by atoms with Crippen molar-refractivity contribution in [1.82, 2.24) is 0 Å². The van der Waals surface area contributed by atoms with Crippen LogP contribution in [0.3, 0.4) is 0 Å². The van der Waals surface area contributed by atoms with Crippen molar-refractivity contribution < 1.29 is 4.42 Å². The first-order valence-electron chi connectivity index (χ1n) is 16.3. The molecule has 1 aromatic heterocycles. The van der Waals surface area contributed by atoms with Crippen molar-refractivity contribution in [3.63, 3.8) is 0 Å². The van der Waals surface area contributed by atoms with Crippen LogP contribution in [-0.4, -0.2) is 0 Å². The normalized spacial score (nSPS) is 11.3. The molecule has 9 rings (SSSR count). The Bertz CT molecular complexity index is 2530. The molecule has 0 saturated heterocycles. The van der Waals surface area contributed by atoms with Gasteiger partial charge in [0.2, 0.25) is 0 Å². The molecule has 0 amide bonds. The molecule has 0 aliphatic heterocycles. The first kappa shape index (κ1) is 27.9. The van der Waals surface area contributed by atoms with E-state index in [1.54, 1.807) is 0 Å². The molecule has 48 heavy (non-hydrogen) atoms. The maximum Gasteiger partial charge on any atom is 0.143 e. The van der Waals surface area contributed by atoms with E-state index in [9.17, 15) is 0 Å². The van der Waals surface area contributed by atoms with Crippen LogP contribution in [0.1, 0.15) is 0 Å². The van der Waals surface area contributed by atoms with Gasteiger partial charge < -0.3 is 9.32 Å². The monoisotopic (exact) mass is 613 g/mol. The number of benzene rings is 8. The van der Waals surface area contributed by atoms with Crippen LogP contribution in [-0.2, 0) is 0 Å². The quantitative estimate of drug-likeness (QED) is 0.185. The average Bonchev–Trinajstić information content (AvgIpc) is 3.53. The smallest absolute Gasteiger partial charge is 0.143 e. The van der Waals surface area contributed by atoms with E-state index < -0.39 is 0 Å². The molecule has 226 valence electrons. The Balaban J connectivity index is 1.07. The third-order valence-corrected chi connectivity index (χ3v) is 9.24. The number of rotatable bonds is 6.